The fraction of sp³-hybridized carbons (Fsp3) is 0.571. The maximum absolute atomic E-state index is 12.7. The summed E-state index contributed by atoms with van der Waals surface area (Å²) >= 11 is 0. The highest BCUT2D eigenvalue weighted by atomic mass is 19.4. The third-order valence-electron chi connectivity index (χ3n) is 3.42. The van der Waals surface area contributed by atoms with E-state index >= 15 is 0 Å². The average Bonchev–Trinajstić information content (AvgIpc) is 2.37. The summed E-state index contributed by atoms with van der Waals surface area (Å²) in [7, 11) is 0. The second-order valence-electron chi connectivity index (χ2n) is 5.12. The Balaban J connectivity index is 2.31. The first-order valence-corrected chi connectivity index (χ1v) is 6.62. The van der Waals surface area contributed by atoms with Gasteiger partial charge in [-0.3, -0.25) is 0 Å². The van der Waals surface area contributed by atoms with E-state index in [1.165, 1.54) is 0 Å². The molecule has 0 aromatic heterocycles. The topological polar surface area (TPSA) is 9.23 Å². The van der Waals surface area contributed by atoms with E-state index in [2.05, 4.69) is 0 Å². The van der Waals surface area contributed by atoms with E-state index in [1.54, 1.807) is 0 Å². The van der Waals surface area contributed by atoms with Gasteiger partial charge in [-0.05, 0) is 43.9 Å². The molecule has 0 saturated heterocycles. The second-order valence-corrected chi connectivity index (χ2v) is 5.12. The number of hydrogen-bond acceptors (Lipinski definition) is 1. The monoisotopic (exact) mass is 312 g/mol. The molecule has 0 aliphatic heterocycles. The molecule has 1 aromatic rings. The zero-order valence-electron chi connectivity index (χ0n) is 11.0. The quantitative estimate of drug-likeness (QED) is 0.661. The van der Waals surface area contributed by atoms with Gasteiger partial charge in [-0.15, -0.1) is 0 Å². The van der Waals surface area contributed by atoms with Crippen LogP contribution in [0.4, 0.5) is 26.3 Å². The molecule has 1 fully saturated rings. The Morgan fingerprint density at radius 3 is 1.67 bits per heavy atom. The molecule has 0 radical (unpaired) electrons. The minimum Gasteiger partial charge on any atom is -0.490 e. The smallest absolute Gasteiger partial charge is 0.416 e. The highest BCUT2D eigenvalue weighted by Gasteiger charge is 2.37. The molecular formula is C14H14F6O. The summed E-state index contributed by atoms with van der Waals surface area (Å²) < 4.78 is 81.5. The van der Waals surface area contributed by atoms with Crippen LogP contribution >= 0.6 is 0 Å². The normalized spacial score (nSPS) is 17.8. The third kappa shape index (κ3) is 4.28. The van der Waals surface area contributed by atoms with Crippen molar-refractivity contribution in [1.82, 2.24) is 0 Å². The Morgan fingerprint density at radius 2 is 1.24 bits per heavy atom. The van der Waals surface area contributed by atoms with Gasteiger partial charge in [0.2, 0.25) is 0 Å². The molecule has 7 heteroatoms. The van der Waals surface area contributed by atoms with Gasteiger partial charge in [-0.1, -0.05) is 6.42 Å². The zero-order chi connectivity index (χ0) is 15.7. The van der Waals surface area contributed by atoms with Crippen LogP contribution < -0.4 is 4.74 Å². The molecule has 0 unspecified atom stereocenters. The fourth-order valence-corrected chi connectivity index (χ4v) is 2.37. The van der Waals surface area contributed by atoms with Crippen LogP contribution in [0.2, 0.25) is 0 Å². The van der Waals surface area contributed by atoms with Crippen molar-refractivity contribution in [3.8, 4) is 5.75 Å². The van der Waals surface area contributed by atoms with E-state index in [0.29, 0.717) is 25.0 Å². The molecule has 1 nitrogen and oxygen atoms in total. The summed E-state index contributed by atoms with van der Waals surface area (Å²) in [5.74, 6) is -0.371. The van der Waals surface area contributed by atoms with Crippen molar-refractivity contribution in [2.75, 3.05) is 0 Å². The van der Waals surface area contributed by atoms with Crippen molar-refractivity contribution >= 4 is 0 Å². The van der Waals surface area contributed by atoms with Gasteiger partial charge in [0.15, 0.2) is 0 Å². The Labute approximate surface area is 117 Å². The van der Waals surface area contributed by atoms with Crippen molar-refractivity contribution in [3.05, 3.63) is 29.3 Å². The van der Waals surface area contributed by atoms with E-state index < -0.39 is 23.5 Å². The van der Waals surface area contributed by atoms with Crippen molar-refractivity contribution in [1.29, 1.82) is 0 Å². The summed E-state index contributed by atoms with van der Waals surface area (Å²) in [5.41, 5.74) is -2.69. The standard InChI is InChI=1S/C14H14F6O/c15-13(16,17)9-6-10(14(18,19)20)8-12(7-9)21-11-4-2-1-3-5-11/h6-8,11H,1-5H2. The third-order valence-corrected chi connectivity index (χ3v) is 3.42. The maximum Gasteiger partial charge on any atom is 0.416 e. The molecule has 0 heterocycles. The highest BCUT2D eigenvalue weighted by molar-refractivity contribution is 5.37. The zero-order valence-corrected chi connectivity index (χ0v) is 11.0. The predicted molar refractivity (Wildman–Crippen MR) is 63.9 cm³/mol. The number of ether oxygens (including phenoxy) is 1. The van der Waals surface area contributed by atoms with Crippen LogP contribution in [0.1, 0.15) is 43.2 Å². The van der Waals surface area contributed by atoms with Crippen molar-refractivity contribution < 1.29 is 31.1 Å². The lowest BCUT2D eigenvalue weighted by atomic mass is 9.97. The van der Waals surface area contributed by atoms with Gasteiger partial charge < -0.3 is 4.74 Å². The van der Waals surface area contributed by atoms with E-state index in [0.717, 1.165) is 19.3 Å². The van der Waals surface area contributed by atoms with Gasteiger partial charge in [-0.2, -0.15) is 26.3 Å². The molecule has 1 saturated carbocycles. The summed E-state index contributed by atoms with van der Waals surface area (Å²) in [5, 5.41) is 0. The molecule has 21 heavy (non-hydrogen) atoms. The second kappa shape index (κ2) is 5.77. The summed E-state index contributed by atoms with van der Waals surface area (Å²) in [6.07, 6.45) is -5.95. The maximum atomic E-state index is 12.7. The van der Waals surface area contributed by atoms with Gasteiger partial charge in [0, 0.05) is 0 Å². The molecule has 2 rings (SSSR count). The highest BCUT2D eigenvalue weighted by Crippen LogP contribution is 2.38. The summed E-state index contributed by atoms with van der Waals surface area (Å²) in [4.78, 5) is 0. The molecule has 0 atom stereocenters. The van der Waals surface area contributed by atoms with E-state index in [9.17, 15) is 26.3 Å². The molecule has 1 aromatic carbocycles. The lowest BCUT2D eigenvalue weighted by molar-refractivity contribution is -0.143. The van der Waals surface area contributed by atoms with Crippen LogP contribution in [0.15, 0.2) is 18.2 Å². The van der Waals surface area contributed by atoms with Gasteiger partial charge in [0.05, 0.1) is 17.2 Å². The largest absolute Gasteiger partial charge is 0.490 e. The molecule has 1 aliphatic rings. The van der Waals surface area contributed by atoms with Crippen LogP contribution in [0, 0.1) is 0 Å². The molecule has 118 valence electrons. The Hall–Kier alpha value is -1.40. The van der Waals surface area contributed by atoms with Crippen LogP contribution in [-0.2, 0) is 12.4 Å². The summed E-state index contributed by atoms with van der Waals surface area (Å²) in [6, 6.07) is 1.36. The Kier molecular flexibility index (Phi) is 4.39. The fourth-order valence-electron chi connectivity index (χ4n) is 2.37. The number of halogens is 6. The van der Waals surface area contributed by atoms with E-state index in [-0.39, 0.29) is 17.9 Å². The Morgan fingerprint density at radius 1 is 0.762 bits per heavy atom. The molecule has 0 amide bonds. The minimum absolute atomic E-state index is 0.105. The van der Waals surface area contributed by atoms with E-state index in [1.807, 2.05) is 0 Å². The molecular weight excluding hydrogens is 298 g/mol. The lowest BCUT2D eigenvalue weighted by Crippen LogP contribution is -2.20. The van der Waals surface area contributed by atoms with Crippen LogP contribution in [-0.4, -0.2) is 6.10 Å². The Bertz CT molecular complexity index is 453. The van der Waals surface area contributed by atoms with Crippen LogP contribution in [0.5, 0.6) is 5.75 Å². The van der Waals surface area contributed by atoms with Crippen molar-refractivity contribution in [2.45, 2.75) is 50.6 Å². The first kappa shape index (κ1) is 16.0. The lowest BCUT2D eigenvalue weighted by Gasteiger charge is -2.24. The minimum atomic E-state index is -4.84. The number of rotatable bonds is 2. The number of benzene rings is 1. The molecule has 0 spiro atoms. The predicted octanol–water partition coefficient (Wildman–Crippen LogP) is 5.44. The van der Waals surface area contributed by atoms with Gasteiger partial charge >= 0.3 is 12.4 Å². The van der Waals surface area contributed by atoms with Crippen LogP contribution in [0.3, 0.4) is 0 Å². The number of alkyl halides is 6. The molecule has 0 bridgehead atoms. The van der Waals surface area contributed by atoms with Gasteiger partial charge in [-0.25, -0.2) is 0 Å². The first-order valence-electron chi connectivity index (χ1n) is 6.62. The van der Waals surface area contributed by atoms with Gasteiger partial charge in [0.1, 0.15) is 5.75 Å². The summed E-state index contributed by atoms with van der Waals surface area (Å²) in [6.45, 7) is 0. The SMILES string of the molecule is FC(F)(F)c1cc(OC2CCCCC2)cc(C(F)(F)F)c1. The van der Waals surface area contributed by atoms with Crippen LogP contribution in [0.25, 0.3) is 0 Å². The van der Waals surface area contributed by atoms with Gasteiger partial charge in [0.25, 0.3) is 0 Å². The van der Waals surface area contributed by atoms with Crippen molar-refractivity contribution in [3.63, 3.8) is 0 Å². The first-order chi connectivity index (χ1) is 9.66. The number of hydrogen-bond donors (Lipinski definition) is 0. The molecule has 1 aliphatic carbocycles. The van der Waals surface area contributed by atoms with Crippen molar-refractivity contribution in [2.24, 2.45) is 0 Å². The van der Waals surface area contributed by atoms with E-state index in [4.69, 9.17) is 4.74 Å². The average molecular weight is 312 g/mol. The molecule has 0 N–H and O–H groups in total.